The summed E-state index contributed by atoms with van der Waals surface area (Å²) in [6.45, 7) is 3.55. The molecule has 0 spiro atoms. The van der Waals surface area contributed by atoms with Crippen molar-refractivity contribution in [3.05, 3.63) is 46.5 Å². The molecule has 0 aromatic heterocycles. The Labute approximate surface area is 155 Å². The SMILES string of the molecule is COc1c(C)c(O)c(C(=O)CCc2ccc(N(C)C)cc2)c(OC)c1C. The molecular weight excluding hydrogens is 330 g/mol. The summed E-state index contributed by atoms with van der Waals surface area (Å²) in [6.07, 6.45) is 0.885. The quantitative estimate of drug-likeness (QED) is 0.762. The number of ketones is 1. The van der Waals surface area contributed by atoms with Crippen LogP contribution in [0.2, 0.25) is 0 Å². The molecule has 0 unspecified atom stereocenters. The highest BCUT2D eigenvalue weighted by Gasteiger charge is 2.25. The first-order valence-corrected chi connectivity index (χ1v) is 8.55. The van der Waals surface area contributed by atoms with Gasteiger partial charge in [0.2, 0.25) is 0 Å². The number of carbonyl (C=O) groups is 1. The molecule has 0 amide bonds. The highest BCUT2D eigenvalue weighted by Crippen LogP contribution is 2.42. The standard InChI is InChI=1S/C21H27NO4/c1-13-19(24)18(21(26-6)14(2)20(13)25-5)17(23)12-9-15-7-10-16(11-8-15)22(3)4/h7-8,10-11,24H,9,12H2,1-6H3. The Morgan fingerprint density at radius 2 is 1.58 bits per heavy atom. The average Bonchev–Trinajstić information content (AvgIpc) is 2.63. The van der Waals surface area contributed by atoms with Gasteiger partial charge in [-0.15, -0.1) is 0 Å². The highest BCUT2D eigenvalue weighted by atomic mass is 16.5. The molecule has 0 bridgehead atoms. The van der Waals surface area contributed by atoms with Gasteiger partial charge in [-0.3, -0.25) is 4.79 Å². The Kier molecular flexibility index (Phi) is 6.14. The van der Waals surface area contributed by atoms with Crippen LogP contribution in [0, 0.1) is 13.8 Å². The number of anilines is 1. The zero-order chi connectivity index (χ0) is 19.4. The van der Waals surface area contributed by atoms with Crippen molar-refractivity contribution in [2.75, 3.05) is 33.2 Å². The maximum absolute atomic E-state index is 12.8. The molecule has 5 heteroatoms. The van der Waals surface area contributed by atoms with Gasteiger partial charge in [0, 0.05) is 37.3 Å². The fourth-order valence-corrected chi connectivity index (χ4v) is 3.14. The molecule has 0 heterocycles. The zero-order valence-electron chi connectivity index (χ0n) is 16.3. The van der Waals surface area contributed by atoms with Gasteiger partial charge >= 0.3 is 0 Å². The van der Waals surface area contributed by atoms with E-state index < -0.39 is 0 Å². The maximum Gasteiger partial charge on any atom is 0.170 e. The first kappa shape index (κ1) is 19.6. The van der Waals surface area contributed by atoms with Crippen LogP contribution >= 0.6 is 0 Å². The second kappa shape index (κ2) is 8.13. The van der Waals surface area contributed by atoms with E-state index in [1.807, 2.05) is 50.2 Å². The van der Waals surface area contributed by atoms with E-state index in [1.165, 1.54) is 14.2 Å². The molecule has 0 aliphatic rings. The fraction of sp³-hybridized carbons (Fsp3) is 0.381. The minimum absolute atomic E-state index is 0.0720. The molecule has 2 rings (SSSR count). The summed E-state index contributed by atoms with van der Waals surface area (Å²) in [5, 5.41) is 10.5. The number of aromatic hydroxyl groups is 1. The molecule has 2 aromatic rings. The Balaban J connectivity index is 2.26. The summed E-state index contributed by atoms with van der Waals surface area (Å²) in [5.74, 6) is 0.690. The number of aryl methyl sites for hydroxylation is 1. The van der Waals surface area contributed by atoms with Crippen LogP contribution in [0.4, 0.5) is 5.69 Å². The van der Waals surface area contributed by atoms with Gasteiger partial charge in [0.05, 0.1) is 14.2 Å². The third kappa shape index (κ3) is 3.77. The van der Waals surface area contributed by atoms with Crippen molar-refractivity contribution in [1.82, 2.24) is 0 Å². The topological polar surface area (TPSA) is 59.0 Å². The molecule has 0 atom stereocenters. The first-order chi connectivity index (χ1) is 12.3. The fourth-order valence-electron chi connectivity index (χ4n) is 3.14. The highest BCUT2D eigenvalue weighted by molar-refractivity contribution is 6.02. The van der Waals surface area contributed by atoms with Crippen LogP contribution < -0.4 is 14.4 Å². The minimum Gasteiger partial charge on any atom is -0.507 e. The van der Waals surface area contributed by atoms with Crippen molar-refractivity contribution >= 4 is 11.5 Å². The van der Waals surface area contributed by atoms with Gasteiger partial charge in [0.1, 0.15) is 22.8 Å². The Morgan fingerprint density at radius 1 is 1.00 bits per heavy atom. The van der Waals surface area contributed by atoms with Gasteiger partial charge in [-0.1, -0.05) is 12.1 Å². The number of carbonyl (C=O) groups excluding carboxylic acids is 1. The molecule has 5 nitrogen and oxygen atoms in total. The summed E-state index contributed by atoms with van der Waals surface area (Å²) < 4.78 is 10.7. The van der Waals surface area contributed by atoms with Gasteiger partial charge in [0.25, 0.3) is 0 Å². The zero-order valence-corrected chi connectivity index (χ0v) is 16.3. The predicted octanol–water partition coefficient (Wildman–Crippen LogP) is 3.91. The minimum atomic E-state index is -0.148. The Bertz CT molecular complexity index is 795. The maximum atomic E-state index is 12.8. The van der Waals surface area contributed by atoms with Gasteiger partial charge in [-0.2, -0.15) is 0 Å². The van der Waals surface area contributed by atoms with Crippen LogP contribution in [0.1, 0.15) is 33.5 Å². The lowest BCUT2D eigenvalue weighted by atomic mass is 9.95. The molecule has 0 saturated carbocycles. The number of hydrogen-bond acceptors (Lipinski definition) is 5. The van der Waals surface area contributed by atoms with Gasteiger partial charge in [-0.25, -0.2) is 0 Å². The number of hydrogen-bond donors (Lipinski definition) is 1. The number of ether oxygens (including phenoxy) is 2. The van der Waals surface area contributed by atoms with Crippen molar-refractivity contribution in [2.45, 2.75) is 26.7 Å². The van der Waals surface area contributed by atoms with Crippen LogP contribution in [0.5, 0.6) is 17.2 Å². The van der Waals surface area contributed by atoms with E-state index in [9.17, 15) is 9.90 Å². The van der Waals surface area contributed by atoms with Gasteiger partial charge in [0.15, 0.2) is 5.78 Å². The Hall–Kier alpha value is -2.69. The largest absolute Gasteiger partial charge is 0.507 e. The molecule has 0 radical (unpaired) electrons. The number of phenolic OH excluding ortho intramolecular Hbond substituents is 1. The number of phenols is 1. The van der Waals surface area contributed by atoms with E-state index >= 15 is 0 Å². The predicted molar refractivity (Wildman–Crippen MR) is 104 cm³/mol. The molecule has 0 aliphatic heterocycles. The molecule has 140 valence electrons. The van der Waals surface area contributed by atoms with E-state index in [4.69, 9.17) is 9.47 Å². The van der Waals surface area contributed by atoms with Gasteiger partial charge < -0.3 is 19.5 Å². The van der Waals surface area contributed by atoms with Crippen molar-refractivity contribution in [1.29, 1.82) is 0 Å². The number of nitrogens with zero attached hydrogens (tertiary/aromatic N) is 1. The van der Waals surface area contributed by atoms with Crippen LogP contribution in [0.3, 0.4) is 0 Å². The summed E-state index contributed by atoms with van der Waals surface area (Å²) >= 11 is 0. The Morgan fingerprint density at radius 3 is 2.08 bits per heavy atom. The lowest BCUT2D eigenvalue weighted by Gasteiger charge is -2.18. The van der Waals surface area contributed by atoms with E-state index in [0.29, 0.717) is 29.0 Å². The van der Waals surface area contributed by atoms with E-state index in [2.05, 4.69) is 0 Å². The average molecular weight is 357 g/mol. The number of rotatable bonds is 7. The van der Waals surface area contributed by atoms with Crippen molar-refractivity contribution in [3.8, 4) is 17.2 Å². The summed E-state index contributed by atoms with van der Waals surface area (Å²) in [5.41, 5.74) is 3.67. The first-order valence-electron chi connectivity index (χ1n) is 8.55. The normalized spacial score (nSPS) is 10.5. The molecule has 1 N–H and O–H groups in total. The third-order valence-electron chi connectivity index (χ3n) is 4.62. The van der Waals surface area contributed by atoms with E-state index in [0.717, 1.165) is 11.3 Å². The molecule has 0 fully saturated rings. The summed E-state index contributed by atoms with van der Waals surface area (Å²) in [4.78, 5) is 14.8. The molecule has 0 aliphatic carbocycles. The van der Waals surface area contributed by atoms with Crippen molar-refractivity contribution < 1.29 is 19.4 Å². The lowest BCUT2D eigenvalue weighted by molar-refractivity contribution is 0.0976. The molecule has 2 aromatic carbocycles. The second-order valence-electron chi connectivity index (χ2n) is 6.52. The summed E-state index contributed by atoms with van der Waals surface area (Å²) in [6, 6.07) is 8.09. The summed E-state index contributed by atoms with van der Waals surface area (Å²) in [7, 11) is 7.00. The smallest absolute Gasteiger partial charge is 0.170 e. The van der Waals surface area contributed by atoms with E-state index in [1.54, 1.807) is 6.92 Å². The monoisotopic (exact) mass is 357 g/mol. The molecule has 0 saturated heterocycles. The van der Waals surface area contributed by atoms with Crippen LogP contribution in [0.15, 0.2) is 24.3 Å². The van der Waals surface area contributed by atoms with Gasteiger partial charge in [-0.05, 0) is 38.0 Å². The number of methoxy groups -OCH3 is 2. The number of benzene rings is 2. The van der Waals surface area contributed by atoms with E-state index in [-0.39, 0.29) is 23.5 Å². The molecular formula is C21H27NO4. The van der Waals surface area contributed by atoms with Crippen molar-refractivity contribution in [3.63, 3.8) is 0 Å². The van der Waals surface area contributed by atoms with Crippen LogP contribution in [-0.2, 0) is 6.42 Å². The second-order valence-corrected chi connectivity index (χ2v) is 6.52. The number of Topliss-reactive ketones (excluding diaryl/α,β-unsaturated/α-hetero) is 1. The van der Waals surface area contributed by atoms with Crippen LogP contribution in [0.25, 0.3) is 0 Å². The lowest BCUT2D eigenvalue weighted by Crippen LogP contribution is -2.09. The van der Waals surface area contributed by atoms with Crippen molar-refractivity contribution in [2.24, 2.45) is 0 Å². The third-order valence-corrected chi connectivity index (χ3v) is 4.62. The molecule has 26 heavy (non-hydrogen) atoms. The van der Waals surface area contributed by atoms with Crippen LogP contribution in [-0.4, -0.2) is 39.2 Å².